The van der Waals surface area contributed by atoms with Gasteiger partial charge < -0.3 is 92.6 Å². The summed E-state index contributed by atoms with van der Waals surface area (Å²) in [5.74, 6) is 0.113. The fraction of sp³-hybridized carbons (Fsp3) is 0.500. The Kier molecular flexibility index (Phi) is 31.1. The number of imide groups is 1. The van der Waals surface area contributed by atoms with Gasteiger partial charge in [0.1, 0.15) is 30.6 Å². The van der Waals surface area contributed by atoms with Gasteiger partial charge in [-0.25, -0.2) is 9.78 Å². The lowest BCUT2D eigenvalue weighted by molar-refractivity contribution is -0.138. The number of para-hydroxylation sites is 1. The van der Waals surface area contributed by atoms with E-state index in [1.54, 1.807) is 43.5 Å². The molecular weight excluding hydrogens is 1310 g/mol. The van der Waals surface area contributed by atoms with E-state index < -0.39 is 25.1 Å². The number of ether oxygens (including phenoxy) is 11. The molecule has 3 aliphatic rings. The predicted octanol–water partition coefficient (Wildman–Crippen LogP) is 6.67. The number of piperidine rings is 1. The number of hydrogen-bond acceptors (Lipinski definition) is 22. The molecule has 8 rings (SSSR count). The Morgan fingerprint density at radius 1 is 0.656 bits per heavy atom. The van der Waals surface area contributed by atoms with Crippen LogP contribution in [0.2, 0.25) is 10.0 Å². The standard InChI is InChI=1S/C66H87Cl2N10O17P/c1-85-58-42-52(9-11-55(58)73-65-69-44-54(68)62(75-65)72-56-6-4-5-7-59(56)96(2,3)84)76-15-17-77(18-16-76)61(80)46-95-37-36-94-35-34-93-33-32-92-31-30-91-29-28-90-27-26-89-25-24-88-23-22-87-21-20-86-19-14-47-39-50(67)41-51(40-47)71-66(83)70-43-48-8-10-53-49(38-48)45-78(64(53)82)57-12-13-60(79)74-63(57)81/h4-11,38-42,44,57H,12-37,43,45-46H2,1-3H3,(H2,70,71,83)(H,74,79,81)(H2,69,72,73,75). The molecule has 2 saturated heterocycles. The quantitative estimate of drug-likeness (QED) is 0.0155. The summed E-state index contributed by atoms with van der Waals surface area (Å²) in [4.78, 5) is 77.1. The highest BCUT2D eigenvalue weighted by molar-refractivity contribution is 7.70. The fourth-order valence-electron chi connectivity index (χ4n) is 10.4. The second-order valence-electron chi connectivity index (χ2n) is 22.6. The highest BCUT2D eigenvalue weighted by Crippen LogP contribution is 2.39. The first-order chi connectivity index (χ1) is 46.6. The van der Waals surface area contributed by atoms with E-state index in [1.807, 2.05) is 60.7 Å². The largest absolute Gasteiger partial charge is 0.494 e. The molecule has 5 aromatic rings. The number of methoxy groups -OCH3 is 1. The van der Waals surface area contributed by atoms with Crippen molar-refractivity contribution in [2.45, 2.75) is 38.4 Å². The SMILES string of the molecule is COc1cc(N2CCN(C(=O)COCCOCCOCCOCCOCCOCCOCCOCCOCCOCCc3cc(Cl)cc(NC(=O)NCc4ccc5c(c4)CN(C4CCC(=O)NC4=O)C5=O)c3)CC2)ccc1Nc1ncc(Cl)c(Nc2ccccc2P(C)(C)=O)n1. The number of anilines is 6. The van der Waals surface area contributed by atoms with E-state index in [0.717, 1.165) is 22.4 Å². The summed E-state index contributed by atoms with van der Waals surface area (Å²) in [5.41, 5.74) is 5.71. The molecule has 3 aliphatic heterocycles. The first-order valence-corrected chi connectivity index (χ1v) is 35.3. The minimum atomic E-state index is -2.58. The minimum absolute atomic E-state index is 0.0231. The number of nitrogens with zero attached hydrogens (tertiary/aromatic N) is 5. The highest BCUT2D eigenvalue weighted by atomic mass is 35.5. The van der Waals surface area contributed by atoms with Crippen molar-refractivity contribution < 1.29 is 80.6 Å². The number of carbonyl (C=O) groups is 5. The Balaban J connectivity index is 0.533. The van der Waals surface area contributed by atoms with Crippen molar-refractivity contribution in [1.82, 2.24) is 30.4 Å². The van der Waals surface area contributed by atoms with Gasteiger partial charge in [-0.15, -0.1) is 0 Å². The molecule has 6 amide bonds. The lowest BCUT2D eigenvalue weighted by Gasteiger charge is -2.36. The summed E-state index contributed by atoms with van der Waals surface area (Å²) >= 11 is 12.8. The van der Waals surface area contributed by atoms with Crippen LogP contribution in [0.15, 0.2) is 85.1 Å². The lowest BCUT2D eigenvalue weighted by atomic mass is 10.0. The average Bonchev–Trinajstić information content (AvgIpc) is 1.61. The van der Waals surface area contributed by atoms with E-state index in [2.05, 4.69) is 41.5 Å². The lowest BCUT2D eigenvalue weighted by Crippen LogP contribution is -2.52. The van der Waals surface area contributed by atoms with Crippen LogP contribution in [-0.2, 0) is 85.8 Å². The molecular formula is C66H87Cl2N10O17P. The Bertz CT molecular complexity index is 3380. The molecule has 30 heteroatoms. The maximum absolute atomic E-state index is 13.0. The molecule has 0 spiro atoms. The molecule has 2 fully saturated rings. The summed E-state index contributed by atoms with van der Waals surface area (Å²) in [6.07, 6.45) is 2.53. The predicted molar refractivity (Wildman–Crippen MR) is 363 cm³/mol. The van der Waals surface area contributed by atoms with E-state index in [1.165, 1.54) is 11.1 Å². The molecule has 4 aromatic carbocycles. The number of fused-ring (bicyclic) bond motifs is 1. The Morgan fingerprint density at radius 3 is 1.84 bits per heavy atom. The van der Waals surface area contributed by atoms with Gasteiger partial charge >= 0.3 is 6.03 Å². The average molecular weight is 1390 g/mol. The maximum atomic E-state index is 13.0. The van der Waals surface area contributed by atoms with Crippen molar-refractivity contribution in [3.8, 4) is 5.75 Å². The number of hydrogen-bond donors (Lipinski definition) is 5. The molecule has 0 aliphatic carbocycles. The molecule has 0 radical (unpaired) electrons. The molecule has 27 nitrogen and oxygen atoms in total. The van der Waals surface area contributed by atoms with Crippen LogP contribution in [0.25, 0.3) is 0 Å². The Labute approximate surface area is 569 Å². The van der Waals surface area contributed by atoms with E-state index in [-0.39, 0.29) is 56.9 Å². The van der Waals surface area contributed by atoms with E-state index in [0.29, 0.717) is 207 Å². The van der Waals surface area contributed by atoms with Gasteiger partial charge in [0.25, 0.3) is 5.91 Å². The highest BCUT2D eigenvalue weighted by Gasteiger charge is 2.39. The smallest absolute Gasteiger partial charge is 0.319 e. The van der Waals surface area contributed by atoms with Crippen molar-refractivity contribution in [2.75, 3.05) is 200 Å². The van der Waals surface area contributed by atoms with Crippen molar-refractivity contribution in [3.05, 3.63) is 117 Å². The number of aromatic nitrogens is 2. The van der Waals surface area contributed by atoms with Gasteiger partial charge in [-0.05, 0) is 91.4 Å². The number of carbonyl (C=O) groups excluding carboxylic acids is 5. The zero-order chi connectivity index (χ0) is 67.9. The molecule has 0 bridgehead atoms. The summed E-state index contributed by atoms with van der Waals surface area (Å²) in [6.45, 7) is 14.1. The van der Waals surface area contributed by atoms with Crippen LogP contribution in [0.4, 0.5) is 39.3 Å². The number of halogens is 2. The summed E-state index contributed by atoms with van der Waals surface area (Å²) in [7, 11) is -0.984. The molecule has 96 heavy (non-hydrogen) atoms. The molecule has 5 N–H and O–H groups in total. The number of amides is 6. The summed E-state index contributed by atoms with van der Waals surface area (Å²) in [5, 5.41) is 15.9. The van der Waals surface area contributed by atoms with Crippen LogP contribution in [0, 0.1) is 0 Å². The fourth-order valence-corrected chi connectivity index (χ4v) is 11.9. The van der Waals surface area contributed by atoms with Crippen LogP contribution in [0.3, 0.4) is 0 Å². The topological polar surface area (TPSA) is 300 Å². The Morgan fingerprint density at radius 2 is 1.25 bits per heavy atom. The van der Waals surface area contributed by atoms with Crippen LogP contribution < -0.4 is 41.5 Å². The van der Waals surface area contributed by atoms with Crippen LogP contribution in [-0.4, -0.2) is 234 Å². The van der Waals surface area contributed by atoms with E-state index >= 15 is 0 Å². The van der Waals surface area contributed by atoms with E-state index in [4.69, 9.17) is 75.3 Å². The molecule has 1 aromatic heterocycles. The van der Waals surface area contributed by atoms with Gasteiger partial charge in [0, 0.05) is 79.0 Å². The molecule has 1 atom stereocenters. The third kappa shape index (κ3) is 24.8. The maximum Gasteiger partial charge on any atom is 0.319 e. The Hall–Kier alpha value is -7.08. The number of piperazine rings is 1. The third-order valence-electron chi connectivity index (χ3n) is 15.3. The first kappa shape index (κ1) is 74.7. The molecule has 0 saturated carbocycles. The van der Waals surface area contributed by atoms with Gasteiger partial charge in [-0.2, -0.15) is 4.98 Å². The van der Waals surface area contributed by atoms with Gasteiger partial charge in [0.15, 0.2) is 5.82 Å². The van der Waals surface area contributed by atoms with Crippen LogP contribution in [0.5, 0.6) is 5.75 Å². The molecule has 4 heterocycles. The summed E-state index contributed by atoms with van der Waals surface area (Å²) < 4.78 is 74.6. The van der Waals surface area contributed by atoms with Crippen LogP contribution in [0.1, 0.15) is 39.9 Å². The van der Waals surface area contributed by atoms with Gasteiger partial charge in [0.2, 0.25) is 23.7 Å². The van der Waals surface area contributed by atoms with Gasteiger partial charge in [-0.1, -0.05) is 47.5 Å². The monoisotopic (exact) mass is 1390 g/mol. The van der Waals surface area contributed by atoms with Crippen LogP contribution >= 0.6 is 30.3 Å². The first-order valence-electron chi connectivity index (χ1n) is 31.9. The number of urea groups is 1. The third-order valence-corrected chi connectivity index (χ3v) is 17.3. The van der Waals surface area contributed by atoms with Crippen molar-refractivity contribution >= 4 is 99.8 Å². The zero-order valence-corrected chi connectivity index (χ0v) is 57.0. The number of benzene rings is 4. The molecule has 1 unspecified atom stereocenters. The van der Waals surface area contributed by atoms with Gasteiger partial charge in [-0.3, -0.25) is 24.5 Å². The van der Waals surface area contributed by atoms with Crippen molar-refractivity contribution in [2.24, 2.45) is 0 Å². The second-order valence-corrected chi connectivity index (χ2v) is 26.6. The van der Waals surface area contributed by atoms with Crippen molar-refractivity contribution in [3.63, 3.8) is 0 Å². The normalized spacial score (nSPS) is 14.8. The number of rotatable bonds is 43. The van der Waals surface area contributed by atoms with E-state index in [9.17, 15) is 28.5 Å². The summed E-state index contributed by atoms with van der Waals surface area (Å²) in [6, 6.07) is 22.6. The zero-order valence-electron chi connectivity index (χ0n) is 54.5. The van der Waals surface area contributed by atoms with Crippen molar-refractivity contribution in [1.29, 1.82) is 0 Å². The number of nitrogens with one attached hydrogen (secondary N) is 5. The molecule has 522 valence electrons. The van der Waals surface area contributed by atoms with Gasteiger partial charge in [0.05, 0.1) is 150 Å². The minimum Gasteiger partial charge on any atom is -0.494 e. The second kappa shape index (κ2) is 40.0.